The molecule has 0 bridgehead atoms. The van der Waals surface area contributed by atoms with Gasteiger partial charge in [0.15, 0.2) is 0 Å². The van der Waals surface area contributed by atoms with Crippen molar-refractivity contribution >= 4 is 31.9 Å². The molecule has 0 spiro atoms. The standard InChI is InChI=1S/C18H19Br2F/c1-13-4-3-5-14(2)17(13)10-18(11-19,12-20)15-6-8-16(21)9-7-15/h3-9H,10-12H2,1-2H3. The summed E-state index contributed by atoms with van der Waals surface area (Å²) < 4.78 is 13.2. The van der Waals surface area contributed by atoms with Gasteiger partial charge in [0.05, 0.1) is 0 Å². The topological polar surface area (TPSA) is 0 Å². The molecule has 0 aromatic heterocycles. The first-order valence-electron chi connectivity index (χ1n) is 6.95. The van der Waals surface area contributed by atoms with Gasteiger partial charge < -0.3 is 0 Å². The van der Waals surface area contributed by atoms with Crippen molar-refractivity contribution in [1.29, 1.82) is 0 Å². The van der Waals surface area contributed by atoms with E-state index in [1.807, 2.05) is 12.1 Å². The van der Waals surface area contributed by atoms with Gasteiger partial charge in [0.1, 0.15) is 5.82 Å². The minimum atomic E-state index is -0.191. The smallest absolute Gasteiger partial charge is 0.123 e. The number of alkyl halides is 2. The van der Waals surface area contributed by atoms with Crippen LogP contribution in [-0.4, -0.2) is 10.7 Å². The highest BCUT2D eigenvalue weighted by molar-refractivity contribution is 9.09. The number of hydrogen-bond acceptors (Lipinski definition) is 0. The zero-order chi connectivity index (χ0) is 15.5. The molecule has 0 aliphatic rings. The number of aryl methyl sites for hydroxylation is 2. The van der Waals surface area contributed by atoms with E-state index in [0.717, 1.165) is 22.6 Å². The Morgan fingerprint density at radius 1 is 0.905 bits per heavy atom. The molecule has 0 radical (unpaired) electrons. The fourth-order valence-electron chi connectivity index (χ4n) is 2.66. The number of rotatable bonds is 5. The Balaban J connectivity index is 2.45. The molecule has 0 aliphatic heterocycles. The molecule has 0 amide bonds. The third-order valence-corrected chi connectivity index (χ3v) is 6.27. The summed E-state index contributed by atoms with van der Waals surface area (Å²) in [6, 6.07) is 13.3. The summed E-state index contributed by atoms with van der Waals surface area (Å²) in [5.74, 6) is -0.191. The molecule has 0 saturated heterocycles. The Labute approximate surface area is 143 Å². The molecule has 0 fully saturated rings. The fourth-order valence-corrected chi connectivity index (χ4v) is 4.63. The summed E-state index contributed by atoms with van der Waals surface area (Å²) in [6.45, 7) is 4.31. The van der Waals surface area contributed by atoms with Crippen LogP contribution in [0.3, 0.4) is 0 Å². The van der Waals surface area contributed by atoms with Gasteiger partial charge in [-0.25, -0.2) is 4.39 Å². The zero-order valence-corrected chi connectivity index (χ0v) is 15.5. The van der Waals surface area contributed by atoms with Crippen molar-refractivity contribution in [3.63, 3.8) is 0 Å². The maximum atomic E-state index is 13.2. The van der Waals surface area contributed by atoms with Gasteiger partial charge in [-0.05, 0) is 54.7 Å². The summed E-state index contributed by atoms with van der Waals surface area (Å²) >= 11 is 7.34. The molecule has 112 valence electrons. The van der Waals surface area contributed by atoms with Crippen LogP contribution in [0.5, 0.6) is 0 Å². The molecule has 0 unspecified atom stereocenters. The van der Waals surface area contributed by atoms with Crippen LogP contribution in [0.4, 0.5) is 4.39 Å². The highest BCUT2D eigenvalue weighted by Crippen LogP contribution is 2.34. The lowest BCUT2D eigenvalue weighted by Gasteiger charge is -2.32. The molecular formula is C18H19Br2F. The Kier molecular flexibility index (Phi) is 5.61. The lowest BCUT2D eigenvalue weighted by atomic mass is 9.77. The van der Waals surface area contributed by atoms with E-state index in [4.69, 9.17) is 0 Å². The van der Waals surface area contributed by atoms with Crippen molar-refractivity contribution in [3.05, 3.63) is 70.5 Å². The van der Waals surface area contributed by atoms with Crippen molar-refractivity contribution in [2.24, 2.45) is 0 Å². The van der Waals surface area contributed by atoms with E-state index in [1.165, 1.54) is 16.7 Å². The second-order valence-electron chi connectivity index (χ2n) is 5.60. The highest BCUT2D eigenvalue weighted by Gasteiger charge is 2.31. The third-order valence-electron chi connectivity index (χ3n) is 4.13. The van der Waals surface area contributed by atoms with Crippen LogP contribution in [0.1, 0.15) is 22.3 Å². The quantitative estimate of drug-likeness (QED) is 0.550. The van der Waals surface area contributed by atoms with Crippen LogP contribution in [-0.2, 0) is 11.8 Å². The average Bonchev–Trinajstić information content (AvgIpc) is 2.49. The normalized spacial score (nSPS) is 11.7. The van der Waals surface area contributed by atoms with E-state index in [-0.39, 0.29) is 11.2 Å². The van der Waals surface area contributed by atoms with Crippen LogP contribution >= 0.6 is 31.9 Å². The summed E-state index contributed by atoms with van der Waals surface area (Å²) in [6.07, 6.45) is 0.924. The first-order valence-corrected chi connectivity index (χ1v) is 9.20. The van der Waals surface area contributed by atoms with E-state index < -0.39 is 0 Å². The fraction of sp³-hybridized carbons (Fsp3) is 0.333. The zero-order valence-electron chi connectivity index (χ0n) is 12.3. The van der Waals surface area contributed by atoms with Crippen LogP contribution < -0.4 is 0 Å². The largest absolute Gasteiger partial charge is 0.207 e. The minimum Gasteiger partial charge on any atom is -0.207 e. The van der Waals surface area contributed by atoms with Crippen molar-refractivity contribution in [2.45, 2.75) is 25.7 Å². The monoisotopic (exact) mass is 412 g/mol. The van der Waals surface area contributed by atoms with Gasteiger partial charge in [-0.1, -0.05) is 62.2 Å². The van der Waals surface area contributed by atoms with E-state index in [0.29, 0.717) is 0 Å². The SMILES string of the molecule is Cc1cccc(C)c1CC(CBr)(CBr)c1ccc(F)cc1. The summed E-state index contributed by atoms with van der Waals surface area (Å²) in [5, 5.41) is 1.65. The Morgan fingerprint density at radius 2 is 1.43 bits per heavy atom. The maximum absolute atomic E-state index is 13.2. The molecule has 0 saturated carbocycles. The molecule has 21 heavy (non-hydrogen) atoms. The summed E-state index contributed by atoms with van der Waals surface area (Å²) in [7, 11) is 0. The first-order chi connectivity index (χ1) is 10.0. The molecule has 2 rings (SSSR count). The average molecular weight is 414 g/mol. The maximum Gasteiger partial charge on any atom is 0.123 e. The van der Waals surface area contributed by atoms with Crippen LogP contribution in [0, 0.1) is 19.7 Å². The van der Waals surface area contributed by atoms with Crippen molar-refractivity contribution in [3.8, 4) is 0 Å². The van der Waals surface area contributed by atoms with Gasteiger partial charge in [-0.15, -0.1) is 0 Å². The molecule has 0 N–H and O–H groups in total. The van der Waals surface area contributed by atoms with Gasteiger partial charge in [0.2, 0.25) is 0 Å². The molecule has 0 nitrogen and oxygen atoms in total. The van der Waals surface area contributed by atoms with E-state index in [1.54, 1.807) is 12.1 Å². The summed E-state index contributed by atoms with van der Waals surface area (Å²) in [5.41, 5.74) is 5.07. The van der Waals surface area contributed by atoms with Crippen molar-refractivity contribution in [2.75, 3.05) is 10.7 Å². The number of benzene rings is 2. The molecule has 0 aliphatic carbocycles. The van der Waals surface area contributed by atoms with E-state index in [9.17, 15) is 4.39 Å². The van der Waals surface area contributed by atoms with Crippen molar-refractivity contribution < 1.29 is 4.39 Å². The van der Waals surface area contributed by atoms with Crippen LogP contribution in [0.25, 0.3) is 0 Å². The van der Waals surface area contributed by atoms with E-state index >= 15 is 0 Å². The van der Waals surface area contributed by atoms with Crippen LogP contribution in [0.2, 0.25) is 0 Å². The Bertz CT molecular complexity index is 581. The molecular weight excluding hydrogens is 395 g/mol. The predicted octanol–water partition coefficient (Wildman–Crippen LogP) is 5.71. The number of halogens is 3. The van der Waals surface area contributed by atoms with Gasteiger partial charge in [0.25, 0.3) is 0 Å². The minimum absolute atomic E-state index is 0.0788. The molecule has 0 heterocycles. The van der Waals surface area contributed by atoms with E-state index in [2.05, 4.69) is 63.9 Å². The van der Waals surface area contributed by atoms with Gasteiger partial charge in [-0.2, -0.15) is 0 Å². The number of hydrogen-bond donors (Lipinski definition) is 0. The van der Waals surface area contributed by atoms with Crippen LogP contribution in [0.15, 0.2) is 42.5 Å². The molecule has 3 heteroatoms. The second kappa shape index (κ2) is 7.06. The third kappa shape index (κ3) is 3.57. The molecule has 2 aromatic rings. The summed E-state index contributed by atoms with van der Waals surface area (Å²) in [4.78, 5) is 0. The van der Waals surface area contributed by atoms with Gasteiger partial charge in [0, 0.05) is 16.1 Å². The Morgan fingerprint density at radius 3 is 1.90 bits per heavy atom. The lowest BCUT2D eigenvalue weighted by Crippen LogP contribution is -2.33. The molecule has 2 aromatic carbocycles. The van der Waals surface area contributed by atoms with Gasteiger partial charge in [-0.3, -0.25) is 0 Å². The molecule has 0 atom stereocenters. The van der Waals surface area contributed by atoms with Gasteiger partial charge >= 0.3 is 0 Å². The Hall–Kier alpha value is -0.670. The van der Waals surface area contributed by atoms with Crippen molar-refractivity contribution in [1.82, 2.24) is 0 Å². The lowest BCUT2D eigenvalue weighted by molar-refractivity contribution is 0.545. The second-order valence-corrected chi connectivity index (χ2v) is 6.72. The highest BCUT2D eigenvalue weighted by atomic mass is 79.9. The first kappa shape index (κ1) is 16.7. The predicted molar refractivity (Wildman–Crippen MR) is 95.3 cm³/mol.